The minimum atomic E-state index is -1.78. The van der Waals surface area contributed by atoms with E-state index in [2.05, 4.69) is 10.1 Å². The molecule has 0 unspecified atom stereocenters. The summed E-state index contributed by atoms with van der Waals surface area (Å²) in [5.41, 5.74) is -1.34. The standard InChI is InChI=1S/C35H30F4N4O4S/c1-22-28(7-5-8-30(22)37)34(44)47-35(19-43-21-41-20-42-43,29-13-12-26(36)15-32(29)39)23(2)48-27-17-45-33(46-18-27)9-4-3-6-25-11-10-24(16-40)14-31(25)38/h3-15,20-21,23,27,33H,17-19H2,1-2H3/b6-3+,9-4+/t23-,27?,33?,35-/m1/s1. The molecule has 0 aliphatic carbocycles. The Morgan fingerprint density at radius 1 is 1.10 bits per heavy atom. The van der Waals surface area contributed by atoms with Crippen molar-refractivity contribution in [2.45, 2.75) is 42.8 Å². The molecule has 5 rings (SSSR count). The van der Waals surface area contributed by atoms with Gasteiger partial charge in [0, 0.05) is 22.4 Å². The quantitative estimate of drug-likeness (QED) is 0.0960. The number of ether oxygens (including phenoxy) is 3. The molecule has 0 bridgehead atoms. The second-order valence-electron chi connectivity index (χ2n) is 10.9. The first-order chi connectivity index (χ1) is 23.1. The maximum atomic E-state index is 15.6. The van der Waals surface area contributed by atoms with Crippen molar-refractivity contribution < 1.29 is 36.6 Å². The fraction of sp³-hybridized carbons (Fsp3) is 0.257. The smallest absolute Gasteiger partial charge is 0.339 e. The van der Waals surface area contributed by atoms with Crippen molar-refractivity contribution in [1.82, 2.24) is 14.8 Å². The van der Waals surface area contributed by atoms with E-state index in [0.717, 1.165) is 12.1 Å². The van der Waals surface area contributed by atoms with E-state index in [1.807, 2.05) is 6.07 Å². The van der Waals surface area contributed by atoms with E-state index in [0.29, 0.717) is 11.6 Å². The van der Waals surface area contributed by atoms with Gasteiger partial charge in [-0.25, -0.2) is 32.0 Å². The van der Waals surface area contributed by atoms with Gasteiger partial charge in [-0.2, -0.15) is 10.4 Å². The molecule has 0 radical (unpaired) electrons. The molecule has 1 aliphatic rings. The number of nitrogens with zero attached hydrogens (tertiary/aromatic N) is 4. The molecule has 48 heavy (non-hydrogen) atoms. The number of esters is 1. The van der Waals surface area contributed by atoms with E-state index in [1.54, 1.807) is 31.2 Å². The summed E-state index contributed by atoms with van der Waals surface area (Å²) in [6.07, 6.45) is 8.41. The van der Waals surface area contributed by atoms with Crippen LogP contribution in [0.4, 0.5) is 17.6 Å². The third kappa shape index (κ3) is 8.02. The predicted molar refractivity (Wildman–Crippen MR) is 170 cm³/mol. The van der Waals surface area contributed by atoms with Crippen LogP contribution < -0.4 is 0 Å². The molecular weight excluding hydrogens is 648 g/mol. The lowest BCUT2D eigenvalue weighted by Gasteiger charge is -2.40. The maximum Gasteiger partial charge on any atom is 0.339 e. The molecule has 1 aliphatic heterocycles. The summed E-state index contributed by atoms with van der Waals surface area (Å²) in [7, 11) is 0. The van der Waals surface area contributed by atoms with Crippen molar-refractivity contribution >= 4 is 23.8 Å². The second kappa shape index (κ2) is 15.4. The zero-order valence-electron chi connectivity index (χ0n) is 25.9. The van der Waals surface area contributed by atoms with E-state index in [9.17, 15) is 18.0 Å². The van der Waals surface area contributed by atoms with Crippen molar-refractivity contribution in [1.29, 1.82) is 5.26 Å². The summed E-state index contributed by atoms with van der Waals surface area (Å²) < 4.78 is 77.6. The summed E-state index contributed by atoms with van der Waals surface area (Å²) in [6.45, 7) is 3.38. The lowest BCUT2D eigenvalue weighted by atomic mass is 9.89. The van der Waals surface area contributed by atoms with Gasteiger partial charge in [0.15, 0.2) is 11.9 Å². The minimum Gasteiger partial charge on any atom is -0.447 e. The van der Waals surface area contributed by atoms with E-state index < -0.39 is 46.4 Å². The number of aromatic nitrogens is 3. The number of nitriles is 1. The van der Waals surface area contributed by atoms with Crippen molar-refractivity contribution in [3.63, 3.8) is 0 Å². The van der Waals surface area contributed by atoms with Crippen molar-refractivity contribution in [3.05, 3.63) is 137 Å². The molecule has 3 aromatic carbocycles. The normalized spacial score (nSPS) is 18.4. The van der Waals surface area contributed by atoms with E-state index >= 15 is 4.39 Å². The van der Waals surface area contributed by atoms with Crippen molar-refractivity contribution in [2.24, 2.45) is 0 Å². The zero-order chi connectivity index (χ0) is 34.3. The van der Waals surface area contributed by atoms with Crippen molar-refractivity contribution in [2.75, 3.05) is 13.2 Å². The molecule has 2 heterocycles. The van der Waals surface area contributed by atoms with Gasteiger partial charge in [0.1, 0.15) is 35.9 Å². The number of carbonyl (C=O) groups is 1. The fourth-order valence-corrected chi connectivity index (χ4v) is 6.54. The van der Waals surface area contributed by atoms with Gasteiger partial charge in [0.05, 0.1) is 42.2 Å². The van der Waals surface area contributed by atoms with Crippen molar-refractivity contribution in [3.8, 4) is 6.07 Å². The average molecular weight is 679 g/mol. The van der Waals surface area contributed by atoms with Crippen LogP contribution in [0.1, 0.15) is 39.5 Å². The lowest BCUT2D eigenvalue weighted by Crippen LogP contribution is -2.47. The third-order valence-corrected chi connectivity index (χ3v) is 9.19. The van der Waals surface area contributed by atoms with Crippen LogP contribution in [0.5, 0.6) is 0 Å². The molecule has 1 aromatic heterocycles. The van der Waals surface area contributed by atoms with E-state index in [-0.39, 0.29) is 47.3 Å². The monoisotopic (exact) mass is 678 g/mol. The Kier molecular flexibility index (Phi) is 11.1. The van der Waals surface area contributed by atoms with Crippen LogP contribution in [0, 0.1) is 41.5 Å². The molecule has 1 saturated heterocycles. The van der Waals surface area contributed by atoms with Crippen LogP contribution in [-0.4, -0.2) is 50.7 Å². The first kappa shape index (κ1) is 34.6. The van der Waals surface area contributed by atoms with Crippen LogP contribution in [0.3, 0.4) is 0 Å². The number of allylic oxidation sites excluding steroid dienone is 2. The number of halogens is 4. The molecule has 8 nitrogen and oxygen atoms in total. The molecule has 2 atom stereocenters. The Morgan fingerprint density at radius 3 is 2.58 bits per heavy atom. The summed E-state index contributed by atoms with van der Waals surface area (Å²) in [4.78, 5) is 17.6. The lowest BCUT2D eigenvalue weighted by molar-refractivity contribution is -0.146. The maximum absolute atomic E-state index is 15.6. The Bertz CT molecular complexity index is 1860. The van der Waals surface area contributed by atoms with E-state index in [4.69, 9.17) is 19.5 Å². The zero-order valence-corrected chi connectivity index (χ0v) is 26.7. The molecule has 248 valence electrons. The van der Waals surface area contributed by atoms with Gasteiger partial charge in [-0.3, -0.25) is 0 Å². The van der Waals surface area contributed by atoms with Gasteiger partial charge in [-0.1, -0.05) is 30.4 Å². The molecule has 0 spiro atoms. The first-order valence-corrected chi connectivity index (χ1v) is 15.7. The Hall–Kier alpha value is -4.77. The van der Waals surface area contributed by atoms with Gasteiger partial charge in [-0.15, -0.1) is 11.8 Å². The van der Waals surface area contributed by atoms with Gasteiger partial charge in [0.25, 0.3) is 0 Å². The third-order valence-electron chi connectivity index (χ3n) is 7.74. The van der Waals surface area contributed by atoms with Crippen LogP contribution in [0.15, 0.2) is 85.5 Å². The summed E-state index contributed by atoms with van der Waals surface area (Å²) in [5.74, 6) is -3.79. The SMILES string of the molecule is Cc1c(F)cccc1C(=O)O[C@@](Cn1cncn1)(c1ccc(F)cc1F)[C@@H](C)SC1COC(/C=C/C=C/c2ccc(C#N)cc2F)OC1. The van der Waals surface area contributed by atoms with Crippen LogP contribution in [0.25, 0.3) is 6.08 Å². The highest BCUT2D eigenvalue weighted by molar-refractivity contribution is 8.00. The molecule has 0 saturated carbocycles. The Balaban J connectivity index is 1.35. The number of rotatable bonds is 11. The van der Waals surface area contributed by atoms with Crippen LogP contribution >= 0.6 is 11.8 Å². The predicted octanol–water partition coefficient (Wildman–Crippen LogP) is 6.90. The van der Waals surface area contributed by atoms with Gasteiger partial charge < -0.3 is 14.2 Å². The first-order valence-electron chi connectivity index (χ1n) is 14.8. The topological polar surface area (TPSA) is 99.3 Å². The molecule has 0 amide bonds. The summed E-state index contributed by atoms with van der Waals surface area (Å²) >= 11 is 1.31. The molecule has 1 fully saturated rings. The van der Waals surface area contributed by atoms with E-state index in [1.165, 1.54) is 72.4 Å². The van der Waals surface area contributed by atoms with Gasteiger partial charge >= 0.3 is 5.97 Å². The summed E-state index contributed by atoms with van der Waals surface area (Å²) in [5, 5.41) is 12.0. The van der Waals surface area contributed by atoms with Crippen LogP contribution in [0.2, 0.25) is 0 Å². The number of thioether (sulfide) groups is 1. The highest BCUT2D eigenvalue weighted by Crippen LogP contribution is 2.42. The Morgan fingerprint density at radius 2 is 1.90 bits per heavy atom. The highest BCUT2D eigenvalue weighted by Gasteiger charge is 2.47. The highest BCUT2D eigenvalue weighted by atomic mass is 32.2. The molecule has 4 aromatic rings. The average Bonchev–Trinajstić information content (AvgIpc) is 3.58. The number of carbonyl (C=O) groups excluding carboxylic acids is 1. The second-order valence-corrected chi connectivity index (χ2v) is 12.6. The molecule has 0 N–H and O–H groups in total. The minimum absolute atomic E-state index is 0.0485. The Labute approximate surface area is 278 Å². The van der Waals surface area contributed by atoms with Gasteiger partial charge in [0.2, 0.25) is 0 Å². The van der Waals surface area contributed by atoms with Gasteiger partial charge in [-0.05, 0) is 61.9 Å². The number of benzene rings is 3. The fourth-order valence-electron chi connectivity index (χ4n) is 5.17. The number of hydrogen-bond donors (Lipinski definition) is 0. The molecule has 13 heteroatoms. The van der Waals surface area contributed by atoms with Crippen LogP contribution in [-0.2, 0) is 26.4 Å². The largest absolute Gasteiger partial charge is 0.447 e. The summed E-state index contributed by atoms with van der Waals surface area (Å²) in [6, 6.07) is 13.1. The number of hydrogen-bond acceptors (Lipinski definition) is 8. The molecular formula is C35H30F4N4O4S.